The van der Waals surface area contributed by atoms with Gasteiger partial charge in [-0.15, -0.1) is 0 Å². The lowest BCUT2D eigenvalue weighted by molar-refractivity contribution is -0.144. The Labute approximate surface area is 168 Å². The van der Waals surface area contributed by atoms with E-state index in [-0.39, 0.29) is 23.2 Å². The number of benzene rings is 1. The molecule has 2 N–H and O–H groups in total. The van der Waals surface area contributed by atoms with Crippen molar-refractivity contribution in [3.05, 3.63) is 59.7 Å². The molecule has 1 aliphatic rings. The van der Waals surface area contributed by atoms with Crippen molar-refractivity contribution >= 4 is 12.0 Å². The van der Waals surface area contributed by atoms with Crippen molar-refractivity contribution in [2.24, 2.45) is 5.41 Å². The van der Waals surface area contributed by atoms with Crippen molar-refractivity contribution in [3.8, 4) is 5.75 Å². The van der Waals surface area contributed by atoms with E-state index in [0.717, 1.165) is 24.0 Å². The molecule has 0 amide bonds. The molecule has 28 heavy (non-hydrogen) atoms. The number of phenols is 1. The van der Waals surface area contributed by atoms with Gasteiger partial charge in [0.15, 0.2) is 0 Å². The zero-order valence-corrected chi connectivity index (χ0v) is 17.1. The highest BCUT2D eigenvalue weighted by Crippen LogP contribution is 2.34. The van der Waals surface area contributed by atoms with Crippen LogP contribution in [0, 0.1) is 5.41 Å². The highest BCUT2D eigenvalue weighted by atomic mass is 16.5. The molecule has 0 spiro atoms. The first-order valence-corrected chi connectivity index (χ1v) is 9.84. The molecule has 0 bridgehead atoms. The van der Waals surface area contributed by atoms with Crippen LogP contribution in [0.25, 0.3) is 6.08 Å². The van der Waals surface area contributed by atoms with Crippen molar-refractivity contribution in [2.45, 2.75) is 65.1 Å². The van der Waals surface area contributed by atoms with E-state index in [1.165, 1.54) is 11.6 Å². The van der Waals surface area contributed by atoms with Crippen LogP contribution in [-0.4, -0.2) is 28.4 Å². The maximum atomic E-state index is 12.4. The van der Waals surface area contributed by atoms with E-state index in [9.17, 15) is 15.0 Å². The minimum atomic E-state index is -0.535. The molecule has 4 heteroatoms. The summed E-state index contributed by atoms with van der Waals surface area (Å²) >= 11 is 0. The summed E-state index contributed by atoms with van der Waals surface area (Å²) in [5, 5.41) is 19.8. The molecule has 0 radical (unpaired) electrons. The number of esters is 1. The van der Waals surface area contributed by atoms with Gasteiger partial charge in [0.1, 0.15) is 11.9 Å². The molecule has 4 nitrogen and oxygen atoms in total. The Morgan fingerprint density at radius 1 is 1.25 bits per heavy atom. The molecule has 1 aromatic carbocycles. The number of hydrogen-bond donors (Lipinski definition) is 2. The van der Waals surface area contributed by atoms with Crippen LogP contribution in [-0.2, 0) is 9.53 Å². The summed E-state index contributed by atoms with van der Waals surface area (Å²) in [7, 11) is 0. The number of rotatable bonds is 3. The van der Waals surface area contributed by atoms with Crippen LogP contribution in [0.5, 0.6) is 5.75 Å². The van der Waals surface area contributed by atoms with E-state index in [1.807, 2.05) is 0 Å². The van der Waals surface area contributed by atoms with Gasteiger partial charge < -0.3 is 14.9 Å². The van der Waals surface area contributed by atoms with Crippen molar-refractivity contribution in [1.82, 2.24) is 0 Å². The van der Waals surface area contributed by atoms with Crippen LogP contribution < -0.4 is 0 Å². The fourth-order valence-electron chi connectivity index (χ4n) is 3.59. The molecule has 152 valence electrons. The maximum absolute atomic E-state index is 12.4. The maximum Gasteiger partial charge on any atom is 0.331 e. The van der Waals surface area contributed by atoms with Gasteiger partial charge in [0, 0.05) is 12.5 Å². The molecule has 2 rings (SSSR count). The summed E-state index contributed by atoms with van der Waals surface area (Å²) < 4.78 is 5.76. The number of carbonyl (C=O) groups excluding carboxylic acids is 1. The van der Waals surface area contributed by atoms with Gasteiger partial charge in [0.25, 0.3) is 0 Å². The van der Waals surface area contributed by atoms with Gasteiger partial charge in [-0.3, -0.25) is 0 Å². The number of aliphatic hydroxyl groups excluding tert-OH is 1. The molecule has 0 heterocycles. The number of carbonyl (C=O) groups is 1. The third-order valence-electron chi connectivity index (χ3n) is 5.09. The van der Waals surface area contributed by atoms with E-state index >= 15 is 0 Å². The average molecular weight is 385 g/mol. The fraction of sp³-hybridized carbons (Fsp3) is 0.458. The molecule has 1 aliphatic carbocycles. The van der Waals surface area contributed by atoms with Gasteiger partial charge in [-0.05, 0) is 67.4 Å². The average Bonchev–Trinajstić information content (AvgIpc) is 2.60. The number of hydrogen-bond acceptors (Lipinski definition) is 4. The third kappa shape index (κ3) is 7.35. The van der Waals surface area contributed by atoms with Gasteiger partial charge in [-0.25, -0.2) is 4.79 Å². The van der Waals surface area contributed by atoms with Gasteiger partial charge >= 0.3 is 5.97 Å². The van der Waals surface area contributed by atoms with E-state index in [1.54, 1.807) is 30.3 Å². The van der Waals surface area contributed by atoms with Crippen molar-refractivity contribution in [2.75, 3.05) is 0 Å². The lowest BCUT2D eigenvalue weighted by atomic mass is 9.79. The van der Waals surface area contributed by atoms with Crippen LogP contribution in [0.4, 0.5) is 0 Å². The molecule has 0 aliphatic heterocycles. The normalized spacial score (nSPS) is 25.6. The van der Waals surface area contributed by atoms with Crippen LogP contribution in [0.3, 0.4) is 0 Å². The zero-order chi connectivity index (χ0) is 20.7. The fourth-order valence-corrected chi connectivity index (χ4v) is 3.59. The topological polar surface area (TPSA) is 66.8 Å². The monoisotopic (exact) mass is 384 g/mol. The van der Waals surface area contributed by atoms with Gasteiger partial charge in [0.05, 0.1) is 6.10 Å². The number of phenolic OH excluding ortho intramolecular Hbond substituents is 1. The van der Waals surface area contributed by atoms with E-state index in [2.05, 4.69) is 33.4 Å². The standard InChI is InChI=1S/C24H32O4/c1-17-6-5-7-18(2)22(26)16-24(3,4)15-21(14-17)28-23(27)13-10-19-8-11-20(25)12-9-19/h6,8-13,21-22,25-26H,2,5,7,14-16H2,1,3-4H3/b13-10-,17-6+/t21-,22+/m0/s1. The van der Waals surface area contributed by atoms with Crippen molar-refractivity contribution < 1.29 is 19.7 Å². The Morgan fingerprint density at radius 3 is 2.61 bits per heavy atom. The largest absolute Gasteiger partial charge is 0.508 e. The smallest absolute Gasteiger partial charge is 0.331 e. The number of ether oxygens (including phenoxy) is 1. The number of aliphatic hydroxyl groups is 1. The summed E-state index contributed by atoms with van der Waals surface area (Å²) in [6.45, 7) is 10.3. The molecular weight excluding hydrogens is 352 g/mol. The first kappa shape index (κ1) is 22.0. The van der Waals surface area contributed by atoms with Gasteiger partial charge in [-0.2, -0.15) is 0 Å². The first-order valence-electron chi connectivity index (χ1n) is 9.84. The second-order valence-corrected chi connectivity index (χ2v) is 8.52. The highest BCUT2D eigenvalue weighted by Gasteiger charge is 2.29. The molecule has 0 saturated carbocycles. The van der Waals surface area contributed by atoms with Crippen LogP contribution >= 0.6 is 0 Å². The lowest BCUT2D eigenvalue weighted by Gasteiger charge is -2.31. The van der Waals surface area contributed by atoms with Crippen LogP contribution in [0.2, 0.25) is 0 Å². The second kappa shape index (κ2) is 9.74. The Kier molecular flexibility index (Phi) is 7.64. The zero-order valence-electron chi connectivity index (χ0n) is 17.1. The Hall–Kier alpha value is -2.33. The first-order chi connectivity index (χ1) is 13.1. The Bertz CT molecular complexity index is 740. The molecule has 0 aromatic heterocycles. The SMILES string of the molecule is C=C1CC/C=C(\C)C[C@H](OC(=O)/C=C\c2ccc(O)cc2)CC(C)(C)C[C@H]1O. The lowest BCUT2D eigenvalue weighted by Crippen LogP contribution is -2.29. The summed E-state index contributed by atoms with van der Waals surface area (Å²) in [5.41, 5.74) is 2.68. The second-order valence-electron chi connectivity index (χ2n) is 8.52. The van der Waals surface area contributed by atoms with Crippen LogP contribution in [0.15, 0.2) is 54.1 Å². The summed E-state index contributed by atoms with van der Waals surface area (Å²) in [4.78, 5) is 12.4. The minimum absolute atomic E-state index is 0.182. The molecule has 0 fully saturated rings. The predicted octanol–water partition coefficient (Wildman–Crippen LogP) is 5.17. The molecule has 2 atom stereocenters. The van der Waals surface area contributed by atoms with E-state index < -0.39 is 6.10 Å². The van der Waals surface area contributed by atoms with E-state index in [4.69, 9.17) is 4.74 Å². The minimum Gasteiger partial charge on any atom is -0.508 e. The predicted molar refractivity (Wildman–Crippen MR) is 113 cm³/mol. The van der Waals surface area contributed by atoms with Crippen LogP contribution in [0.1, 0.15) is 58.4 Å². The van der Waals surface area contributed by atoms with Gasteiger partial charge in [-0.1, -0.05) is 44.2 Å². The van der Waals surface area contributed by atoms with Crippen molar-refractivity contribution in [1.29, 1.82) is 0 Å². The van der Waals surface area contributed by atoms with E-state index in [0.29, 0.717) is 19.3 Å². The third-order valence-corrected chi connectivity index (χ3v) is 5.09. The Balaban J connectivity index is 2.09. The highest BCUT2D eigenvalue weighted by molar-refractivity contribution is 5.87. The quantitative estimate of drug-likeness (QED) is 0.428. The summed E-state index contributed by atoms with van der Waals surface area (Å²) in [5.74, 6) is -0.201. The number of allylic oxidation sites excluding steroid dienone is 1. The molecule has 1 aromatic rings. The van der Waals surface area contributed by atoms with Crippen molar-refractivity contribution in [3.63, 3.8) is 0 Å². The number of aromatic hydroxyl groups is 1. The molecular formula is C24H32O4. The molecule has 0 saturated heterocycles. The summed E-state index contributed by atoms with van der Waals surface area (Å²) in [6, 6.07) is 6.61. The Morgan fingerprint density at radius 2 is 1.93 bits per heavy atom. The summed E-state index contributed by atoms with van der Waals surface area (Å²) in [6.07, 6.45) is 8.01. The molecule has 0 unspecified atom stereocenters. The van der Waals surface area contributed by atoms with Gasteiger partial charge in [0.2, 0.25) is 0 Å².